The molecule has 2 rings (SSSR count). The molecule has 0 heterocycles. The summed E-state index contributed by atoms with van der Waals surface area (Å²) in [6.45, 7) is 0.253. The maximum absolute atomic E-state index is 13.6. The van der Waals surface area contributed by atoms with Gasteiger partial charge in [0, 0.05) is 5.88 Å². The number of nitrogens with zero attached hydrogens (tertiary/aromatic N) is 1. The van der Waals surface area contributed by atoms with Gasteiger partial charge in [-0.2, -0.15) is 5.26 Å². The number of rotatable bonds is 4. The highest BCUT2D eigenvalue weighted by Crippen LogP contribution is 2.20. The minimum absolute atomic E-state index is 0.193. The second kappa shape index (κ2) is 6.21. The van der Waals surface area contributed by atoms with Gasteiger partial charge in [-0.1, -0.05) is 18.2 Å². The molecule has 2 aromatic carbocycles. The maximum atomic E-state index is 13.6. The van der Waals surface area contributed by atoms with E-state index in [2.05, 4.69) is 0 Å². The van der Waals surface area contributed by atoms with Crippen LogP contribution in [0, 0.1) is 17.1 Å². The fourth-order valence-corrected chi connectivity index (χ4v) is 1.75. The molecule has 0 aromatic heterocycles. The summed E-state index contributed by atoms with van der Waals surface area (Å²) in [5, 5.41) is 8.68. The van der Waals surface area contributed by atoms with Crippen molar-refractivity contribution in [3.63, 3.8) is 0 Å². The molecule has 0 aliphatic heterocycles. The van der Waals surface area contributed by atoms with Gasteiger partial charge in [-0.15, -0.1) is 11.6 Å². The van der Waals surface area contributed by atoms with Gasteiger partial charge in [-0.05, 0) is 35.4 Å². The zero-order chi connectivity index (χ0) is 13.7. The lowest BCUT2D eigenvalue weighted by molar-refractivity contribution is 0.290. The predicted octanol–water partition coefficient (Wildman–Crippen LogP) is 4.02. The van der Waals surface area contributed by atoms with Crippen molar-refractivity contribution in [2.45, 2.75) is 12.5 Å². The van der Waals surface area contributed by atoms with Crippen molar-refractivity contribution in [1.29, 1.82) is 5.26 Å². The normalized spacial score (nSPS) is 9.95. The Hall–Kier alpha value is -2.05. The molecule has 0 spiro atoms. The Morgan fingerprint density at radius 3 is 2.37 bits per heavy atom. The zero-order valence-electron chi connectivity index (χ0n) is 10.1. The molecule has 0 saturated heterocycles. The summed E-state index contributed by atoms with van der Waals surface area (Å²) >= 11 is 5.62. The molecule has 0 fully saturated rings. The van der Waals surface area contributed by atoms with Crippen molar-refractivity contribution in [2.24, 2.45) is 0 Å². The van der Waals surface area contributed by atoms with Crippen LogP contribution >= 0.6 is 11.6 Å². The van der Waals surface area contributed by atoms with Crippen LogP contribution in [0.2, 0.25) is 0 Å². The molecule has 0 unspecified atom stereocenters. The lowest BCUT2D eigenvalue weighted by Gasteiger charge is -2.08. The van der Waals surface area contributed by atoms with Crippen LogP contribution in [0.3, 0.4) is 0 Å². The number of benzene rings is 2. The summed E-state index contributed by atoms with van der Waals surface area (Å²) < 4.78 is 19.0. The number of alkyl halides is 1. The Bertz CT molecular complexity index is 605. The topological polar surface area (TPSA) is 33.0 Å². The van der Waals surface area contributed by atoms with E-state index in [0.29, 0.717) is 11.1 Å². The third-order valence-electron chi connectivity index (χ3n) is 2.63. The van der Waals surface area contributed by atoms with Crippen LogP contribution in [0.4, 0.5) is 4.39 Å². The Kier molecular flexibility index (Phi) is 4.38. The molecule has 2 nitrogen and oxygen atoms in total. The monoisotopic (exact) mass is 275 g/mol. The van der Waals surface area contributed by atoms with E-state index in [1.807, 2.05) is 6.07 Å². The summed E-state index contributed by atoms with van der Waals surface area (Å²) in [5.74, 6) is 0.0392. The second-order valence-corrected chi connectivity index (χ2v) is 4.26. The van der Waals surface area contributed by atoms with Crippen LogP contribution in [0.25, 0.3) is 0 Å². The van der Waals surface area contributed by atoms with E-state index in [4.69, 9.17) is 21.6 Å². The molecule has 0 N–H and O–H groups in total. The van der Waals surface area contributed by atoms with Crippen LogP contribution in [0.5, 0.6) is 5.75 Å². The first-order chi connectivity index (χ1) is 9.22. The molecule has 0 atom stereocenters. The third kappa shape index (κ3) is 3.46. The van der Waals surface area contributed by atoms with E-state index < -0.39 is 5.82 Å². The Balaban J connectivity index is 2.04. The zero-order valence-corrected chi connectivity index (χ0v) is 10.8. The van der Waals surface area contributed by atoms with Crippen LogP contribution < -0.4 is 4.74 Å². The highest BCUT2D eigenvalue weighted by atomic mass is 35.5. The van der Waals surface area contributed by atoms with Gasteiger partial charge in [0.1, 0.15) is 6.61 Å². The quantitative estimate of drug-likeness (QED) is 0.790. The number of ether oxygens (including phenoxy) is 1. The first-order valence-corrected chi connectivity index (χ1v) is 6.22. The number of hydrogen-bond donors (Lipinski definition) is 0. The largest absolute Gasteiger partial charge is 0.486 e. The molecule has 0 aliphatic carbocycles. The minimum Gasteiger partial charge on any atom is -0.486 e. The fourth-order valence-electron chi connectivity index (χ4n) is 1.58. The number of hydrogen-bond acceptors (Lipinski definition) is 2. The van der Waals surface area contributed by atoms with Crippen molar-refractivity contribution in [1.82, 2.24) is 0 Å². The average molecular weight is 276 g/mol. The van der Waals surface area contributed by atoms with Gasteiger partial charge in [0.25, 0.3) is 0 Å². The van der Waals surface area contributed by atoms with Gasteiger partial charge in [0.15, 0.2) is 11.6 Å². The Labute approximate surface area is 116 Å². The van der Waals surface area contributed by atoms with Crippen LogP contribution in [-0.4, -0.2) is 0 Å². The van der Waals surface area contributed by atoms with Crippen molar-refractivity contribution in [3.05, 3.63) is 65.0 Å². The predicted molar refractivity (Wildman–Crippen MR) is 71.4 cm³/mol. The summed E-state index contributed by atoms with van der Waals surface area (Å²) in [7, 11) is 0. The molecular formula is C15H11ClFNO. The van der Waals surface area contributed by atoms with Crippen molar-refractivity contribution in [3.8, 4) is 11.8 Å². The summed E-state index contributed by atoms with van der Waals surface area (Å²) in [6.07, 6.45) is 0. The standard InChI is InChI=1S/C15H11ClFNO/c16-8-13-5-6-15(14(17)7-13)19-10-12-3-1-11(9-18)2-4-12/h1-7H,8,10H2. The average Bonchev–Trinajstić information content (AvgIpc) is 2.46. The molecular weight excluding hydrogens is 265 g/mol. The highest BCUT2D eigenvalue weighted by molar-refractivity contribution is 6.17. The van der Waals surface area contributed by atoms with Gasteiger partial charge in [0.05, 0.1) is 11.6 Å². The number of halogens is 2. The van der Waals surface area contributed by atoms with E-state index in [1.54, 1.807) is 36.4 Å². The Morgan fingerprint density at radius 1 is 1.11 bits per heavy atom. The number of nitriles is 1. The van der Waals surface area contributed by atoms with E-state index in [0.717, 1.165) is 5.56 Å². The van der Waals surface area contributed by atoms with Gasteiger partial charge in [-0.3, -0.25) is 0 Å². The molecule has 4 heteroatoms. The molecule has 0 bridgehead atoms. The smallest absolute Gasteiger partial charge is 0.165 e. The summed E-state index contributed by atoms with van der Waals surface area (Å²) in [5.41, 5.74) is 2.17. The van der Waals surface area contributed by atoms with Gasteiger partial charge in [0.2, 0.25) is 0 Å². The van der Waals surface area contributed by atoms with Crippen molar-refractivity contribution in [2.75, 3.05) is 0 Å². The lowest BCUT2D eigenvalue weighted by Crippen LogP contribution is -1.98. The molecule has 0 amide bonds. The third-order valence-corrected chi connectivity index (χ3v) is 2.94. The maximum Gasteiger partial charge on any atom is 0.165 e. The molecule has 0 radical (unpaired) electrons. The molecule has 19 heavy (non-hydrogen) atoms. The SMILES string of the molecule is N#Cc1ccc(COc2ccc(CCl)cc2F)cc1. The van der Waals surface area contributed by atoms with Crippen LogP contribution in [0.15, 0.2) is 42.5 Å². The molecule has 0 saturated carbocycles. The van der Waals surface area contributed by atoms with Crippen LogP contribution in [0.1, 0.15) is 16.7 Å². The van der Waals surface area contributed by atoms with E-state index in [-0.39, 0.29) is 18.2 Å². The van der Waals surface area contributed by atoms with Gasteiger partial charge >= 0.3 is 0 Å². The minimum atomic E-state index is -0.424. The highest BCUT2D eigenvalue weighted by Gasteiger charge is 2.05. The summed E-state index contributed by atoms with van der Waals surface area (Å²) in [4.78, 5) is 0. The van der Waals surface area contributed by atoms with E-state index >= 15 is 0 Å². The fraction of sp³-hybridized carbons (Fsp3) is 0.133. The molecule has 0 aliphatic rings. The van der Waals surface area contributed by atoms with Gasteiger partial charge in [-0.25, -0.2) is 4.39 Å². The van der Waals surface area contributed by atoms with Crippen LogP contribution in [-0.2, 0) is 12.5 Å². The second-order valence-electron chi connectivity index (χ2n) is 4.00. The lowest BCUT2D eigenvalue weighted by atomic mass is 10.1. The summed E-state index contributed by atoms with van der Waals surface area (Å²) in [6, 6.07) is 13.7. The van der Waals surface area contributed by atoms with Crippen molar-refractivity contribution < 1.29 is 9.13 Å². The molecule has 2 aromatic rings. The Morgan fingerprint density at radius 2 is 1.79 bits per heavy atom. The van der Waals surface area contributed by atoms with Gasteiger partial charge < -0.3 is 4.74 Å². The molecule has 96 valence electrons. The first-order valence-electron chi connectivity index (χ1n) is 5.69. The van der Waals surface area contributed by atoms with Crippen molar-refractivity contribution >= 4 is 11.6 Å². The van der Waals surface area contributed by atoms with E-state index in [9.17, 15) is 4.39 Å². The van der Waals surface area contributed by atoms with E-state index in [1.165, 1.54) is 6.07 Å². The first kappa shape index (κ1) is 13.4.